The summed E-state index contributed by atoms with van der Waals surface area (Å²) in [4.78, 5) is 0. The maximum Gasteiger partial charge on any atom is 0.0840 e. The van der Waals surface area contributed by atoms with E-state index in [1.165, 1.54) is 81.1 Å². The molecule has 1 saturated carbocycles. The van der Waals surface area contributed by atoms with Crippen LogP contribution in [0.2, 0.25) is 0 Å². The van der Waals surface area contributed by atoms with Crippen molar-refractivity contribution in [3.8, 4) is 0 Å². The molecule has 0 N–H and O–H groups in total. The van der Waals surface area contributed by atoms with E-state index in [9.17, 15) is 0 Å². The molecule has 152 valence electrons. The number of hydrogen-bond acceptors (Lipinski definition) is 2. The summed E-state index contributed by atoms with van der Waals surface area (Å²) in [5.74, 6) is 1.63. The van der Waals surface area contributed by atoms with Gasteiger partial charge in [-0.05, 0) is 35.1 Å². The van der Waals surface area contributed by atoms with Gasteiger partial charge < -0.3 is 9.47 Å². The normalized spacial score (nSPS) is 29.0. The van der Waals surface area contributed by atoms with Gasteiger partial charge in [0.05, 0.1) is 25.4 Å². The molecule has 0 aromatic heterocycles. The molecule has 2 nitrogen and oxygen atoms in total. The molecule has 1 aliphatic heterocycles. The topological polar surface area (TPSA) is 18.5 Å². The van der Waals surface area contributed by atoms with Crippen molar-refractivity contribution < 1.29 is 9.47 Å². The predicted octanol–water partition coefficient (Wildman–Crippen LogP) is 6.63. The van der Waals surface area contributed by atoms with Gasteiger partial charge in [-0.3, -0.25) is 0 Å². The summed E-state index contributed by atoms with van der Waals surface area (Å²) >= 11 is 0. The zero-order valence-corrected chi connectivity index (χ0v) is 17.6. The molecule has 0 spiro atoms. The van der Waals surface area contributed by atoms with Gasteiger partial charge >= 0.3 is 0 Å². The monoisotopic (exact) mass is 372 g/mol. The molecule has 0 aromatic carbocycles. The molecule has 3 aliphatic carbocycles. The largest absolute Gasteiger partial charge is 0.373 e. The van der Waals surface area contributed by atoms with Crippen LogP contribution in [0.5, 0.6) is 0 Å². The summed E-state index contributed by atoms with van der Waals surface area (Å²) < 4.78 is 12.3. The van der Waals surface area contributed by atoms with Crippen LogP contribution in [-0.2, 0) is 9.47 Å². The highest BCUT2D eigenvalue weighted by atomic mass is 16.6. The quantitative estimate of drug-likeness (QED) is 0.484. The average Bonchev–Trinajstić information content (AvgIpc) is 2.71. The van der Waals surface area contributed by atoms with Crippen LogP contribution in [0, 0.1) is 22.3 Å². The second-order valence-corrected chi connectivity index (χ2v) is 8.72. The van der Waals surface area contributed by atoms with Crippen molar-refractivity contribution in [2.75, 3.05) is 13.2 Å². The lowest BCUT2D eigenvalue weighted by molar-refractivity contribution is -0.163. The SMILES string of the molecule is CCCCCCCC1COC(C2CCCCC2CC)CO1.c1cc2ccc1=2. The van der Waals surface area contributed by atoms with Gasteiger partial charge in [0.15, 0.2) is 0 Å². The zero-order chi connectivity index (χ0) is 18.9. The molecule has 0 radical (unpaired) electrons. The van der Waals surface area contributed by atoms with Gasteiger partial charge in [-0.15, -0.1) is 0 Å². The first-order chi connectivity index (χ1) is 13.3. The van der Waals surface area contributed by atoms with E-state index in [1.807, 2.05) is 0 Å². The molecule has 4 unspecified atom stereocenters. The minimum absolute atomic E-state index is 0.367. The van der Waals surface area contributed by atoms with Crippen molar-refractivity contribution in [3.05, 3.63) is 34.7 Å². The fraction of sp³-hybridized carbons (Fsp3) is 0.760. The molecule has 2 fully saturated rings. The summed E-state index contributed by atoms with van der Waals surface area (Å²) in [5.41, 5.74) is 0. The molecule has 4 atom stereocenters. The van der Waals surface area contributed by atoms with Crippen LogP contribution in [0.1, 0.15) is 84.5 Å². The molecule has 1 heterocycles. The molecule has 2 heteroatoms. The van der Waals surface area contributed by atoms with Crippen LogP contribution in [0.4, 0.5) is 0 Å². The third-order valence-electron chi connectivity index (χ3n) is 6.81. The second-order valence-electron chi connectivity index (χ2n) is 8.72. The Kier molecular flexibility index (Phi) is 8.67. The van der Waals surface area contributed by atoms with E-state index in [0.29, 0.717) is 12.2 Å². The second kappa shape index (κ2) is 11.2. The van der Waals surface area contributed by atoms with Crippen LogP contribution >= 0.6 is 0 Å². The molecule has 27 heavy (non-hydrogen) atoms. The first-order valence-corrected chi connectivity index (χ1v) is 11.7. The minimum Gasteiger partial charge on any atom is -0.373 e. The first kappa shape index (κ1) is 20.9. The first-order valence-electron chi connectivity index (χ1n) is 11.7. The van der Waals surface area contributed by atoms with Gasteiger partial charge in [0, 0.05) is 0 Å². The van der Waals surface area contributed by atoms with Crippen molar-refractivity contribution in [2.45, 2.75) is 96.7 Å². The number of rotatable bonds is 8. The average molecular weight is 373 g/mol. The summed E-state index contributed by atoms with van der Waals surface area (Å²) in [6.45, 7) is 6.30. The highest BCUT2D eigenvalue weighted by Gasteiger charge is 2.34. The molecule has 4 rings (SSSR count). The fourth-order valence-corrected chi connectivity index (χ4v) is 4.84. The van der Waals surface area contributed by atoms with Gasteiger partial charge in [0.25, 0.3) is 0 Å². The van der Waals surface area contributed by atoms with Crippen molar-refractivity contribution in [2.24, 2.45) is 11.8 Å². The summed E-state index contributed by atoms with van der Waals surface area (Å²) in [6, 6.07) is 8.48. The highest BCUT2D eigenvalue weighted by molar-refractivity contribution is 5.22. The summed E-state index contributed by atoms with van der Waals surface area (Å²) in [7, 11) is 0. The van der Waals surface area contributed by atoms with Crippen LogP contribution in [0.3, 0.4) is 0 Å². The Hall–Kier alpha value is -0.860. The van der Waals surface area contributed by atoms with Crippen molar-refractivity contribution in [1.29, 1.82) is 0 Å². The number of hydrogen-bond donors (Lipinski definition) is 0. The van der Waals surface area contributed by atoms with E-state index in [1.54, 1.807) is 0 Å². The van der Waals surface area contributed by atoms with Gasteiger partial charge in [-0.1, -0.05) is 95.9 Å². The van der Waals surface area contributed by atoms with E-state index >= 15 is 0 Å². The predicted molar refractivity (Wildman–Crippen MR) is 113 cm³/mol. The van der Waals surface area contributed by atoms with E-state index in [-0.39, 0.29) is 0 Å². The molecular weight excluding hydrogens is 332 g/mol. The minimum atomic E-state index is 0.367. The lowest BCUT2D eigenvalue weighted by Crippen LogP contribution is -2.43. The van der Waals surface area contributed by atoms with Crippen LogP contribution in [0.15, 0.2) is 24.3 Å². The van der Waals surface area contributed by atoms with E-state index < -0.39 is 0 Å². The number of benzene rings is 1. The maximum atomic E-state index is 6.22. The lowest BCUT2D eigenvalue weighted by atomic mass is 9.75. The Morgan fingerprint density at radius 3 is 2.07 bits per heavy atom. The Balaban J connectivity index is 0.000000290. The molecule has 0 aromatic rings. The Bertz CT molecular complexity index is 567. The van der Waals surface area contributed by atoms with Crippen molar-refractivity contribution in [1.82, 2.24) is 0 Å². The van der Waals surface area contributed by atoms with E-state index in [2.05, 4.69) is 38.1 Å². The van der Waals surface area contributed by atoms with Crippen LogP contribution in [0.25, 0.3) is 0 Å². The van der Waals surface area contributed by atoms with Gasteiger partial charge in [0.1, 0.15) is 0 Å². The van der Waals surface area contributed by atoms with Gasteiger partial charge in [-0.25, -0.2) is 0 Å². The fourth-order valence-electron chi connectivity index (χ4n) is 4.84. The van der Waals surface area contributed by atoms with Crippen LogP contribution < -0.4 is 0 Å². The zero-order valence-electron chi connectivity index (χ0n) is 17.6. The molecular formula is C25H40O2. The van der Waals surface area contributed by atoms with Crippen molar-refractivity contribution in [3.63, 3.8) is 0 Å². The smallest absolute Gasteiger partial charge is 0.0840 e. The van der Waals surface area contributed by atoms with Gasteiger partial charge in [0.2, 0.25) is 0 Å². The Morgan fingerprint density at radius 1 is 0.815 bits per heavy atom. The van der Waals surface area contributed by atoms with E-state index in [0.717, 1.165) is 25.0 Å². The lowest BCUT2D eigenvalue weighted by Gasteiger charge is -2.40. The van der Waals surface area contributed by atoms with Crippen LogP contribution in [-0.4, -0.2) is 25.4 Å². The highest BCUT2D eigenvalue weighted by Crippen LogP contribution is 2.36. The molecule has 0 amide bonds. The Labute approximate surface area is 166 Å². The molecule has 1 saturated heterocycles. The molecule has 4 aliphatic rings. The number of unbranched alkanes of at least 4 members (excludes halogenated alkanes) is 4. The summed E-state index contributed by atoms with van der Waals surface area (Å²) in [6.07, 6.45) is 15.6. The molecule has 0 bridgehead atoms. The number of ether oxygens (including phenoxy) is 2. The van der Waals surface area contributed by atoms with Crippen molar-refractivity contribution >= 4 is 0 Å². The van der Waals surface area contributed by atoms with E-state index in [4.69, 9.17) is 9.47 Å². The summed E-state index contributed by atoms with van der Waals surface area (Å²) in [5, 5.41) is 2.85. The van der Waals surface area contributed by atoms with Gasteiger partial charge in [-0.2, -0.15) is 0 Å². The third-order valence-corrected chi connectivity index (χ3v) is 6.81. The third kappa shape index (κ3) is 6.06. The standard InChI is InChI=1S/C19H36O2.C6H4/c1-3-5-6-7-8-12-17-14-21-19(15-20-17)18-13-10-9-11-16(18)4-2;1-2-6-4-3-5(1)6/h16-19H,3-15H2,1-2H3;1-4H. The Morgan fingerprint density at radius 2 is 1.52 bits per heavy atom. The maximum absolute atomic E-state index is 6.22.